The molecule has 0 amide bonds. The number of carboxylic acid groups (broad SMARTS) is 1. The van der Waals surface area contributed by atoms with Gasteiger partial charge in [-0.1, -0.05) is 17.3 Å². The van der Waals surface area contributed by atoms with Crippen molar-refractivity contribution < 1.29 is 14.3 Å². The molecule has 0 aliphatic heterocycles. The molecule has 4 rings (SSSR count). The summed E-state index contributed by atoms with van der Waals surface area (Å²) in [6.45, 7) is 1.72. The van der Waals surface area contributed by atoms with Gasteiger partial charge in [-0.3, -0.25) is 0 Å². The van der Waals surface area contributed by atoms with Crippen molar-refractivity contribution in [2.24, 2.45) is 0 Å². The number of nitrogens with zero attached hydrogens (tertiary/aromatic N) is 5. The summed E-state index contributed by atoms with van der Waals surface area (Å²) in [5.74, 6) is -1.17. The first-order valence-electron chi connectivity index (χ1n) is 7.96. The topological polar surface area (TPSA) is 106 Å². The molecule has 2 aromatic carbocycles. The number of anilines is 2. The lowest BCUT2D eigenvalue weighted by Crippen LogP contribution is -2.04. The van der Waals surface area contributed by atoms with E-state index >= 15 is 0 Å². The number of carbonyl (C=O) groups is 1. The molecule has 2 aromatic heterocycles. The summed E-state index contributed by atoms with van der Waals surface area (Å²) < 4.78 is 14.9. The SMILES string of the molecule is Cc1ccc(Nc2ncc3nnn(-c4cccc(F)c4)c3n2)cc1C(=O)O. The Kier molecular flexibility index (Phi) is 3.96. The Bertz CT molecular complexity index is 1170. The normalized spacial score (nSPS) is 10.9. The zero-order chi connectivity index (χ0) is 19.0. The number of aromatic nitrogens is 5. The number of carboxylic acids is 1. The van der Waals surface area contributed by atoms with Gasteiger partial charge in [0.1, 0.15) is 5.82 Å². The lowest BCUT2D eigenvalue weighted by molar-refractivity contribution is 0.0696. The summed E-state index contributed by atoms with van der Waals surface area (Å²) in [5.41, 5.74) is 2.68. The van der Waals surface area contributed by atoms with Crippen molar-refractivity contribution in [1.29, 1.82) is 0 Å². The van der Waals surface area contributed by atoms with Gasteiger partial charge in [0.25, 0.3) is 0 Å². The molecule has 134 valence electrons. The number of fused-ring (bicyclic) bond motifs is 1. The third-order valence-corrected chi connectivity index (χ3v) is 3.97. The van der Waals surface area contributed by atoms with Crippen molar-refractivity contribution in [2.75, 3.05) is 5.32 Å². The number of aryl methyl sites for hydroxylation is 1. The molecule has 0 aliphatic carbocycles. The van der Waals surface area contributed by atoms with Gasteiger partial charge in [0.2, 0.25) is 5.95 Å². The molecule has 0 saturated heterocycles. The van der Waals surface area contributed by atoms with Gasteiger partial charge in [0.15, 0.2) is 11.2 Å². The van der Waals surface area contributed by atoms with Crippen LogP contribution in [0.5, 0.6) is 0 Å². The average molecular weight is 364 g/mol. The summed E-state index contributed by atoms with van der Waals surface area (Å²) in [4.78, 5) is 19.8. The fraction of sp³-hybridized carbons (Fsp3) is 0.0556. The van der Waals surface area contributed by atoms with Crippen LogP contribution in [0.1, 0.15) is 15.9 Å². The van der Waals surface area contributed by atoms with Crippen molar-refractivity contribution in [3.05, 3.63) is 65.6 Å². The summed E-state index contributed by atoms with van der Waals surface area (Å²) in [5, 5.41) is 20.2. The smallest absolute Gasteiger partial charge is 0.336 e. The van der Waals surface area contributed by atoms with Gasteiger partial charge in [-0.05, 0) is 42.8 Å². The monoisotopic (exact) mass is 364 g/mol. The standard InChI is InChI=1S/C18H13FN6O2/c1-10-5-6-12(8-14(10)17(26)27)21-18-20-9-15-16(22-18)25(24-23-15)13-4-2-3-11(19)7-13/h2-9H,1H3,(H,26,27)(H,20,21,22). The lowest BCUT2D eigenvalue weighted by Gasteiger charge is -2.08. The van der Waals surface area contributed by atoms with Crippen LogP contribution in [0.2, 0.25) is 0 Å². The van der Waals surface area contributed by atoms with E-state index in [0.717, 1.165) is 0 Å². The molecule has 2 heterocycles. The molecule has 0 aliphatic rings. The van der Waals surface area contributed by atoms with Crippen LogP contribution < -0.4 is 5.32 Å². The van der Waals surface area contributed by atoms with E-state index in [1.807, 2.05) is 0 Å². The number of aromatic carboxylic acids is 1. The van der Waals surface area contributed by atoms with Crippen LogP contribution in [0.3, 0.4) is 0 Å². The molecule has 27 heavy (non-hydrogen) atoms. The quantitative estimate of drug-likeness (QED) is 0.573. The van der Waals surface area contributed by atoms with Gasteiger partial charge >= 0.3 is 5.97 Å². The molecule has 0 atom stereocenters. The predicted octanol–water partition coefficient (Wildman–Crippen LogP) is 3.10. The maximum Gasteiger partial charge on any atom is 0.336 e. The minimum absolute atomic E-state index is 0.188. The van der Waals surface area contributed by atoms with Gasteiger partial charge in [-0.2, -0.15) is 9.67 Å². The van der Waals surface area contributed by atoms with Crippen LogP contribution in [0, 0.1) is 12.7 Å². The third kappa shape index (κ3) is 3.17. The molecule has 4 aromatic rings. The van der Waals surface area contributed by atoms with Gasteiger partial charge in [-0.15, -0.1) is 5.10 Å². The van der Waals surface area contributed by atoms with E-state index in [0.29, 0.717) is 28.1 Å². The Morgan fingerprint density at radius 1 is 1.22 bits per heavy atom. The second kappa shape index (κ2) is 6.45. The average Bonchev–Trinajstić information content (AvgIpc) is 3.06. The van der Waals surface area contributed by atoms with E-state index in [4.69, 9.17) is 0 Å². The zero-order valence-corrected chi connectivity index (χ0v) is 14.1. The molecule has 0 bridgehead atoms. The molecule has 8 nitrogen and oxygen atoms in total. The Morgan fingerprint density at radius 2 is 2.07 bits per heavy atom. The molecule has 0 fully saturated rings. The first-order chi connectivity index (χ1) is 13.0. The Labute approximate surface area is 152 Å². The molecular weight excluding hydrogens is 351 g/mol. The molecule has 2 N–H and O–H groups in total. The molecule has 0 radical (unpaired) electrons. The summed E-state index contributed by atoms with van der Waals surface area (Å²) in [7, 11) is 0. The first-order valence-corrected chi connectivity index (χ1v) is 7.96. The number of rotatable bonds is 4. The number of hydrogen-bond acceptors (Lipinski definition) is 6. The number of benzene rings is 2. The lowest BCUT2D eigenvalue weighted by atomic mass is 10.1. The number of halogens is 1. The molecule has 0 unspecified atom stereocenters. The second-order valence-corrected chi connectivity index (χ2v) is 5.84. The molecular formula is C18H13FN6O2. The van der Waals surface area contributed by atoms with Gasteiger partial charge in [-0.25, -0.2) is 14.2 Å². The van der Waals surface area contributed by atoms with Crippen LogP contribution in [0.15, 0.2) is 48.7 Å². The van der Waals surface area contributed by atoms with Crippen LogP contribution >= 0.6 is 0 Å². The van der Waals surface area contributed by atoms with Crippen molar-refractivity contribution in [2.45, 2.75) is 6.92 Å². The van der Waals surface area contributed by atoms with Crippen molar-refractivity contribution >= 4 is 28.8 Å². The van der Waals surface area contributed by atoms with Crippen LogP contribution in [0.25, 0.3) is 16.9 Å². The highest BCUT2D eigenvalue weighted by Gasteiger charge is 2.12. The van der Waals surface area contributed by atoms with Gasteiger partial charge in [0, 0.05) is 5.69 Å². The van der Waals surface area contributed by atoms with Crippen LogP contribution in [-0.2, 0) is 0 Å². The maximum atomic E-state index is 13.5. The van der Waals surface area contributed by atoms with Crippen molar-refractivity contribution in [1.82, 2.24) is 25.0 Å². The zero-order valence-electron chi connectivity index (χ0n) is 14.1. The van der Waals surface area contributed by atoms with Crippen molar-refractivity contribution in [3.63, 3.8) is 0 Å². The summed E-state index contributed by atoms with van der Waals surface area (Å²) in [6, 6.07) is 10.8. The number of hydrogen-bond donors (Lipinski definition) is 2. The highest BCUT2D eigenvalue weighted by Crippen LogP contribution is 2.20. The Balaban J connectivity index is 1.73. The van der Waals surface area contributed by atoms with Crippen molar-refractivity contribution in [3.8, 4) is 5.69 Å². The van der Waals surface area contributed by atoms with E-state index in [1.165, 1.54) is 29.1 Å². The largest absolute Gasteiger partial charge is 0.478 e. The van der Waals surface area contributed by atoms with Crippen LogP contribution in [0.4, 0.5) is 16.0 Å². The molecule has 0 spiro atoms. The molecule has 0 saturated carbocycles. The van der Waals surface area contributed by atoms with E-state index in [-0.39, 0.29) is 11.5 Å². The van der Waals surface area contributed by atoms with Crippen LogP contribution in [-0.4, -0.2) is 36.0 Å². The van der Waals surface area contributed by atoms with E-state index < -0.39 is 11.8 Å². The minimum atomic E-state index is -1.01. The number of nitrogens with one attached hydrogen (secondary N) is 1. The first kappa shape index (κ1) is 16.6. The highest BCUT2D eigenvalue weighted by atomic mass is 19.1. The second-order valence-electron chi connectivity index (χ2n) is 5.84. The van der Waals surface area contributed by atoms with E-state index in [1.54, 1.807) is 31.2 Å². The predicted molar refractivity (Wildman–Crippen MR) is 95.8 cm³/mol. The fourth-order valence-electron chi connectivity index (χ4n) is 2.63. The van der Waals surface area contributed by atoms with Gasteiger partial charge < -0.3 is 10.4 Å². The maximum absolute atomic E-state index is 13.5. The van der Waals surface area contributed by atoms with E-state index in [2.05, 4.69) is 25.6 Å². The fourth-order valence-corrected chi connectivity index (χ4v) is 2.63. The Hall–Kier alpha value is -3.88. The summed E-state index contributed by atoms with van der Waals surface area (Å²) >= 11 is 0. The van der Waals surface area contributed by atoms with Gasteiger partial charge in [0.05, 0.1) is 17.4 Å². The Morgan fingerprint density at radius 3 is 2.85 bits per heavy atom. The highest BCUT2D eigenvalue weighted by molar-refractivity contribution is 5.90. The minimum Gasteiger partial charge on any atom is -0.478 e. The molecule has 9 heteroatoms. The third-order valence-electron chi connectivity index (χ3n) is 3.97. The van der Waals surface area contributed by atoms with E-state index in [9.17, 15) is 14.3 Å². The summed E-state index contributed by atoms with van der Waals surface area (Å²) in [6.07, 6.45) is 1.49.